The fraction of sp³-hybridized carbons (Fsp3) is 0. The van der Waals surface area contributed by atoms with E-state index >= 15 is 0 Å². The van der Waals surface area contributed by atoms with E-state index in [9.17, 15) is 14.9 Å². The van der Waals surface area contributed by atoms with Crippen molar-refractivity contribution in [2.45, 2.75) is 0 Å². The number of nitro groups is 1. The molecule has 0 atom stereocenters. The number of nitrogens with one attached hydrogen (secondary N) is 1. The van der Waals surface area contributed by atoms with Gasteiger partial charge < -0.3 is 5.32 Å². The Bertz CT molecular complexity index is 840. The predicted molar refractivity (Wildman–Crippen MR) is 89.9 cm³/mol. The van der Waals surface area contributed by atoms with E-state index in [1.807, 2.05) is 24.3 Å². The molecular formula is C16H10BrN3O3. The fourth-order valence-electron chi connectivity index (χ4n) is 2.06. The highest BCUT2D eigenvalue weighted by Gasteiger charge is 2.21. The molecule has 0 saturated carbocycles. The molecule has 0 spiro atoms. The van der Waals surface area contributed by atoms with Crippen LogP contribution in [0.1, 0.15) is 11.1 Å². The van der Waals surface area contributed by atoms with Gasteiger partial charge in [-0.1, -0.05) is 28.1 Å². The average Bonchev–Trinajstić information content (AvgIpc) is 2.89. The van der Waals surface area contributed by atoms with E-state index in [4.69, 9.17) is 0 Å². The third-order valence-electron chi connectivity index (χ3n) is 3.22. The maximum Gasteiger partial charge on any atom is 0.275 e. The standard InChI is InChI=1S/C16H10BrN3O3/c17-12-5-3-11(4-6-12)15-18-14(16(21)19-15)9-10-1-7-13(8-2-10)20(22)23/h1-9H,(H,18,19,21). The number of nitro benzene ring substituents is 1. The number of carbonyl (C=O) groups is 1. The lowest BCUT2D eigenvalue weighted by Gasteiger charge is -1.99. The molecule has 0 unspecified atom stereocenters. The average molecular weight is 372 g/mol. The number of hydrogen-bond donors (Lipinski definition) is 1. The number of amidine groups is 1. The van der Waals surface area contributed by atoms with Gasteiger partial charge >= 0.3 is 0 Å². The van der Waals surface area contributed by atoms with Gasteiger partial charge in [-0.15, -0.1) is 0 Å². The molecule has 0 aromatic heterocycles. The Morgan fingerprint density at radius 1 is 1.09 bits per heavy atom. The first-order valence-electron chi connectivity index (χ1n) is 6.65. The molecule has 1 heterocycles. The number of hydrogen-bond acceptors (Lipinski definition) is 4. The van der Waals surface area contributed by atoms with Gasteiger partial charge in [0.15, 0.2) is 0 Å². The molecule has 114 valence electrons. The third kappa shape index (κ3) is 3.35. The molecule has 0 fully saturated rings. The van der Waals surface area contributed by atoms with Crippen molar-refractivity contribution in [3.63, 3.8) is 0 Å². The Labute approximate surface area is 139 Å². The van der Waals surface area contributed by atoms with E-state index in [1.54, 1.807) is 18.2 Å². The molecule has 1 amide bonds. The van der Waals surface area contributed by atoms with Crippen molar-refractivity contribution in [1.29, 1.82) is 0 Å². The predicted octanol–water partition coefficient (Wildman–Crippen LogP) is 3.27. The number of benzene rings is 2. The minimum atomic E-state index is -0.469. The van der Waals surface area contributed by atoms with Crippen LogP contribution < -0.4 is 5.32 Å². The topological polar surface area (TPSA) is 84.6 Å². The monoisotopic (exact) mass is 371 g/mol. The summed E-state index contributed by atoms with van der Waals surface area (Å²) in [7, 11) is 0. The summed E-state index contributed by atoms with van der Waals surface area (Å²) < 4.78 is 0.938. The van der Waals surface area contributed by atoms with Crippen LogP contribution in [0.15, 0.2) is 63.7 Å². The maximum absolute atomic E-state index is 12.0. The lowest BCUT2D eigenvalue weighted by molar-refractivity contribution is -0.384. The summed E-state index contributed by atoms with van der Waals surface area (Å²) in [5.41, 5.74) is 1.73. The van der Waals surface area contributed by atoms with Crippen LogP contribution in [0.4, 0.5) is 5.69 Å². The number of aliphatic imine (C=N–C) groups is 1. The zero-order valence-corrected chi connectivity index (χ0v) is 13.3. The van der Waals surface area contributed by atoms with Crippen LogP contribution in [-0.2, 0) is 4.79 Å². The summed E-state index contributed by atoms with van der Waals surface area (Å²) in [4.78, 5) is 26.4. The summed E-state index contributed by atoms with van der Waals surface area (Å²) in [5.74, 6) is 0.178. The minimum absolute atomic E-state index is 0.00192. The zero-order chi connectivity index (χ0) is 16.4. The van der Waals surface area contributed by atoms with Gasteiger partial charge in [0.05, 0.1) is 4.92 Å². The Morgan fingerprint density at radius 2 is 1.74 bits per heavy atom. The van der Waals surface area contributed by atoms with Crippen molar-refractivity contribution in [2.24, 2.45) is 4.99 Å². The van der Waals surface area contributed by atoms with Gasteiger partial charge in [-0.2, -0.15) is 0 Å². The fourth-order valence-corrected chi connectivity index (χ4v) is 2.33. The van der Waals surface area contributed by atoms with Crippen molar-refractivity contribution in [3.05, 3.63) is 79.9 Å². The molecule has 0 saturated heterocycles. The molecule has 3 rings (SSSR count). The van der Waals surface area contributed by atoms with E-state index < -0.39 is 4.92 Å². The Morgan fingerprint density at radius 3 is 2.35 bits per heavy atom. The molecule has 1 N–H and O–H groups in total. The molecule has 1 aliphatic heterocycles. The van der Waals surface area contributed by atoms with Crippen molar-refractivity contribution in [1.82, 2.24) is 5.32 Å². The summed E-state index contributed by atoms with van der Waals surface area (Å²) >= 11 is 3.35. The molecule has 1 aliphatic rings. The SMILES string of the molecule is O=C1NC(c2ccc(Br)cc2)=NC1=Cc1ccc([N+](=O)[O-])cc1. The van der Waals surface area contributed by atoms with Gasteiger partial charge in [0.1, 0.15) is 11.5 Å². The first-order valence-corrected chi connectivity index (χ1v) is 7.44. The second-order valence-corrected chi connectivity index (χ2v) is 5.72. The molecule has 7 heteroatoms. The second-order valence-electron chi connectivity index (χ2n) is 4.80. The first kappa shape index (κ1) is 15.1. The van der Waals surface area contributed by atoms with Crippen LogP contribution in [-0.4, -0.2) is 16.7 Å². The summed E-state index contributed by atoms with van der Waals surface area (Å²) in [6.45, 7) is 0. The summed E-state index contributed by atoms with van der Waals surface area (Å²) in [6.07, 6.45) is 1.59. The quantitative estimate of drug-likeness (QED) is 0.510. The van der Waals surface area contributed by atoms with Crippen LogP contribution in [0.2, 0.25) is 0 Å². The van der Waals surface area contributed by atoms with E-state index in [1.165, 1.54) is 12.1 Å². The highest BCUT2D eigenvalue weighted by atomic mass is 79.9. The molecule has 0 aliphatic carbocycles. The first-order chi connectivity index (χ1) is 11.0. The largest absolute Gasteiger partial charge is 0.305 e. The summed E-state index contributed by atoms with van der Waals surface area (Å²) in [5, 5.41) is 13.3. The highest BCUT2D eigenvalue weighted by Crippen LogP contribution is 2.18. The van der Waals surface area contributed by atoms with Crippen LogP contribution in [0, 0.1) is 10.1 Å². The lowest BCUT2D eigenvalue weighted by Crippen LogP contribution is -2.24. The molecule has 6 nitrogen and oxygen atoms in total. The smallest absolute Gasteiger partial charge is 0.275 e. The van der Waals surface area contributed by atoms with E-state index in [0.717, 1.165) is 10.0 Å². The number of carbonyl (C=O) groups excluding carboxylic acids is 1. The van der Waals surface area contributed by atoms with E-state index in [0.29, 0.717) is 11.4 Å². The van der Waals surface area contributed by atoms with Crippen LogP contribution >= 0.6 is 15.9 Å². The molecule has 0 radical (unpaired) electrons. The number of rotatable bonds is 3. The normalized spacial score (nSPS) is 15.4. The maximum atomic E-state index is 12.0. The van der Waals surface area contributed by atoms with E-state index in [-0.39, 0.29) is 17.3 Å². The number of non-ortho nitro benzene ring substituents is 1. The van der Waals surface area contributed by atoms with E-state index in [2.05, 4.69) is 26.2 Å². The number of amides is 1. The van der Waals surface area contributed by atoms with Crippen LogP contribution in [0.5, 0.6) is 0 Å². The van der Waals surface area contributed by atoms with Crippen LogP contribution in [0.25, 0.3) is 6.08 Å². The van der Waals surface area contributed by atoms with Gasteiger partial charge in [-0.3, -0.25) is 14.9 Å². The molecule has 0 bridgehead atoms. The van der Waals surface area contributed by atoms with Crippen molar-refractivity contribution >= 4 is 39.4 Å². The van der Waals surface area contributed by atoms with Crippen molar-refractivity contribution in [3.8, 4) is 0 Å². The third-order valence-corrected chi connectivity index (χ3v) is 3.75. The molecule has 2 aromatic rings. The Kier molecular flexibility index (Phi) is 4.03. The number of halogens is 1. The van der Waals surface area contributed by atoms with Gasteiger partial charge in [-0.05, 0) is 35.9 Å². The summed E-state index contributed by atoms with van der Waals surface area (Å²) in [6, 6.07) is 13.3. The molecule has 2 aromatic carbocycles. The van der Waals surface area contributed by atoms with Gasteiger partial charge in [-0.25, -0.2) is 4.99 Å². The minimum Gasteiger partial charge on any atom is -0.305 e. The van der Waals surface area contributed by atoms with Crippen molar-refractivity contribution in [2.75, 3.05) is 0 Å². The van der Waals surface area contributed by atoms with Crippen molar-refractivity contribution < 1.29 is 9.72 Å². The van der Waals surface area contributed by atoms with Gasteiger partial charge in [0.25, 0.3) is 11.6 Å². The highest BCUT2D eigenvalue weighted by molar-refractivity contribution is 9.10. The second kappa shape index (κ2) is 6.13. The van der Waals surface area contributed by atoms with Crippen LogP contribution in [0.3, 0.4) is 0 Å². The van der Waals surface area contributed by atoms with Gasteiger partial charge in [0, 0.05) is 22.2 Å². The lowest BCUT2D eigenvalue weighted by atomic mass is 10.2. The number of nitrogens with zero attached hydrogens (tertiary/aromatic N) is 2. The Balaban J connectivity index is 1.88. The molecular weight excluding hydrogens is 362 g/mol. The zero-order valence-electron chi connectivity index (χ0n) is 11.7. The van der Waals surface area contributed by atoms with Gasteiger partial charge in [0.2, 0.25) is 0 Å². The Hall–Kier alpha value is -2.80. The molecule has 23 heavy (non-hydrogen) atoms.